The van der Waals surface area contributed by atoms with Gasteiger partial charge in [-0.25, -0.2) is 9.97 Å². The van der Waals surface area contributed by atoms with Crippen molar-refractivity contribution in [1.82, 2.24) is 9.97 Å². The quantitative estimate of drug-likeness (QED) is 0.696. The molecule has 0 radical (unpaired) electrons. The lowest BCUT2D eigenvalue weighted by atomic mass is 10.1. The average Bonchev–Trinajstić information content (AvgIpc) is 3.26. The molecule has 1 aliphatic heterocycles. The number of ketones is 1. The smallest absolute Gasteiger partial charge is 0.162 e. The van der Waals surface area contributed by atoms with Crippen LogP contribution in [0.25, 0.3) is 10.6 Å². The number of fused-ring (bicyclic) bond motifs is 1. The van der Waals surface area contributed by atoms with Gasteiger partial charge in [-0.3, -0.25) is 4.79 Å². The second-order valence-electron chi connectivity index (χ2n) is 6.38. The van der Waals surface area contributed by atoms with Crippen LogP contribution in [0.4, 0.5) is 5.69 Å². The minimum Gasteiger partial charge on any atom is -0.364 e. The van der Waals surface area contributed by atoms with Gasteiger partial charge in [0.1, 0.15) is 5.01 Å². The van der Waals surface area contributed by atoms with Crippen molar-refractivity contribution in [1.29, 1.82) is 0 Å². The largest absolute Gasteiger partial charge is 0.364 e. The zero-order chi connectivity index (χ0) is 17.6. The molecule has 0 N–H and O–H groups in total. The van der Waals surface area contributed by atoms with Crippen LogP contribution in [0.15, 0.2) is 29.6 Å². The molecule has 0 aliphatic carbocycles. The SMILES string of the molecule is Cc1nc(C)c(-c2csc(CC(=O)C3Cc4ccccc4N3C)n2)s1. The van der Waals surface area contributed by atoms with Crippen LogP contribution in [0, 0.1) is 13.8 Å². The third-order valence-corrected chi connectivity index (χ3v) is 6.58. The van der Waals surface area contributed by atoms with Crippen LogP contribution in [-0.2, 0) is 17.6 Å². The van der Waals surface area contributed by atoms with E-state index in [1.807, 2.05) is 38.4 Å². The molecule has 1 aromatic carbocycles. The Balaban J connectivity index is 1.50. The summed E-state index contributed by atoms with van der Waals surface area (Å²) >= 11 is 3.22. The van der Waals surface area contributed by atoms with Gasteiger partial charge in [-0.05, 0) is 25.5 Å². The van der Waals surface area contributed by atoms with Crippen LogP contribution < -0.4 is 4.90 Å². The number of rotatable bonds is 4. The van der Waals surface area contributed by atoms with Crippen LogP contribution in [0.2, 0.25) is 0 Å². The fourth-order valence-corrected chi connectivity index (χ4v) is 5.15. The summed E-state index contributed by atoms with van der Waals surface area (Å²) in [5, 5.41) is 3.97. The van der Waals surface area contributed by atoms with Gasteiger partial charge in [-0.15, -0.1) is 22.7 Å². The summed E-state index contributed by atoms with van der Waals surface area (Å²) in [5.74, 6) is 0.233. The molecule has 25 heavy (non-hydrogen) atoms. The number of anilines is 1. The number of carbonyl (C=O) groups excluding carboxylic acids is 1. The van der Waals surface area contributed by atoms with Crippen molar-refractivity contribution in [2.75, 3.05) is 11.9 Å². The van der Waals surface area contributed by atoms with Gasteiger partial charge in [0.25, 0.3) is 0 Å². The second-order valence-corrected chi connectivity index (χ2v) is 8.52. The Labute approximate surface area is 155 Å². The number of aromatic nitrogens is 2. The number of para-hydroxylation sites is 1. The van der Waals surface area contributed by atoms with E-state index in [0.29, 0.717) is 6.42 Å². The van der Waals surface area contributed by atoms with Crippen molar-refractivity contribution in [3.8, 4) is 10.6 Å². The first-order valence-electron chi connectivity index (χ1n) is 8.25. The van der Waals surface area contributed by atoms with E-state index in [2.05, 4.69) is 27.0 Å². The molecule has 1 atom stereocenters. The van der Waals surface area contributed by atoms with Crippen LogP contribution in [0.5, 0.6) is 0 Å². The zero-order valence-corrected chi connectivity index (χ0v) is 16.1. The van der Waals surface area contributed by atoms with Crippen LogP contribution in [0.3, 0.4) is 0 Å². The lowest BCUT2D eigenvalue weighted by Crippen LogP contribution is -2.36. The van der Waals surface area contributed by atoms with Crippen LogP contribution in [-0.4, -0.2) is 28.8 Å². The normalized spacial score (nSPS) is 16.3. The maximum absolute atomic E-state index is 12.8. The molecule has 3 heterocycles. The average molecular weight is 370 g/mol. The number of thiazole rings is 2. The van der Waals surface area contributed by atoms with Gasteiger partial charge >= 0.3 is 0 Å². The van der Waals surface area contributed by atoms with Gasteiger partial charge in [0.05, 0.1) is 33.7 Å². The Morgan fingerprint density at radius 1 is 1.28 bits per heavy atom. The summed E-state index contributed by atoms with van der Waals surface area (Å²) in [7, 11) is 2.01. The second kappa shape index (κ2) is 6.35. The third-order valence-electron chi connectivity index (χ3n) is 4.64. The van der Waals surface area contributed by atoms with E-state index < -0.39 is 0 Å². The van der Waals surface area contributed by atoms with Crippen molar-refractivity contribution in [3.63, 3.8) is 0 Å². The molecule has 4 nitrogen and oxygen atoms in total. The topological polar surface area (TPSA) is 46.1 Å². The number of carbonyl (C=O) groups is 1. The Morgan fingerprint density at radius 2 is 2.08 bits per heavy atom. The third kappa shape index (κ3) is 3.00. The number of likely N-dealkylation sites (N-methyl/N-ethyl adjacent to an activating group) is 1. The van der Waals surface area contributed by atoms with Gasteiger partial charge in [0.15, 0.2) is 5.78 Å². The highest BCUT2D eigenvalue weighted by molar-refractivity contribution is 7.16. The highest BCUT2D eigenvalue weighted by Crippen LogP contribution is 2.33. The van der Waals surface area contributed by atoms with E-state index in [9.17, 15) is 4.79 Å². The lowest BCUT2D eigenvalue weighted by molar-refractivity contribution is -0.119. The minimum absolute atomic E-state index is 0.0860. The maximum Gasteiger partial charge on any atom is 0.162 e. The Kier molecular flexibility index (Phi) is 4.17. The zero-order valence-electron chi connectivity index (χ0n) is 14.4. The molecule has 4 rings (SSSR count). The predicted octanol–water partition coefficient (Wildman–Crippen LogP) is 4.06. The van der Waals surface area contributed by atoms with Gasteiger partial charge in [0, 0.05) is 24.5 Å². The number of nitrogens with zero attached hydrogens (tertiary/aromatic N) is 3. The van der Waals surface area contributed by atoms with Gasteiger partial charge in [0.2, 0.25) is 0 Å². The summed E-state index contributed by atoms with van der Waals surface area (Å²) in [4.78, 5) is 25.2. The molecule has 0 amide bonds. The fraction of sp³-hybridized carbons (Fsp3) is 0.316. The summed E-state index contributed by atoms with van der Waals surface area (Å²) < 4.78 is 0. The van der Waals surface area contributed by atoms with E-state index in [-0.39, 0.29) is 11.8 Å². The van der Waals surface area contributed by atoms with Crippen molar-refractivity contribution >= 4 is 34.1 Å². The Bertz CT molecular complexity index is 944. The molecule has 1 aliphatic rings. The molecular formula is C19H19N3OS2. The minimum atomic E-state index is -0.0860. The first-order chi connectivity index (χ1) is 12.0. The fourth-order valence-electron chi connectivity index (χ4n) is 3.40. The summed E-state index contributed by atoms with van der Waals surface area (Å²) in [5.41, 5.74) is 4.37. The molecule has 2 aromatic heterocycles. The van der Waals surface area contributed by atoms with Crippen molar-refractivity contribution < 1.29 is 4.79 Å². The molecule has 1 unspecified atom stereocenters. The molecule has 0 fully saturated rings. The molecule has 3 aromatic rings. The standard InChI is InChI=1S/C19H19N3OS2/c1-11-19(25-12(2)20-11)14-10-24-18(21-14)9-17(23)16-8-13-6-4-5-7-15(13)22(16)3/h4-7,10,16H,8-9H2,1-3H3. The molecular weight excluding hydrogens is 350 g/mol. The molecule has 0 saturated heterocycles. The van der Waals surface area contributed by atoms with E-state index >= 15 is 0 Å². The number of aryl methyl sites for hydroxylation is 2. The summed E-state index contributed by atoms with van der Waals surface area (Å²) in [6, 6.07) is 8.16. The van der Waals surface area contributed by atoms with E-state index in [0.717, 1.165) is 38.4 Å². The first-order valence-corrected chi connectivity index (χ1v) is 9.95. The maximum atomic E-state index is 12.8. The lowest BCUT2D eigenvalue weighted by Gasteiger charge is -2.21. The Hall–Kier alpha value is -2.05. The number of hydrogen-bond donors (Lipinski definition) is 0. The van der Waals surface area contributed by atoms with Crippen molar-refractivity contribution in [2.24, 2.45) is 0 Å². The Morgan fingerprint density at radius 3 is 2.80 bits per heavy atom. The number of hydrogen-bond acceptors (Lipinski definition) is 6. The summed E-state index contributed by atoms with van der Waals surface area (Å²) in [6.45, 7) is 4.01. The molecule has 128 valence electrons. The molecule has 0 spiro atoms. The van der Waals surface area contributed by atoms with Crippen molar-refractivity contribution in [2.45, 2.75) is 32.7 Å². The van der Waals surface area contributed by atoms with E-state index in [1.54, 1.807) is 22.7 Å². The summed E-state index contributed by atoms with van der Waals surface area (Å²) in [6.07, 6.45) is 1.18. The predicted molar refractivity (Wildman–Crippen MR) is 104 cm³/mol. The first kappa shape index (κ1) is 16.4. The van der Waals surface area contributed by atoms with Crippen molar-refractivity contribution in [3.05, 3.63) is 50.9 Å². The number of Topliss-reactive ketones (excluding diaryl/α,β-unsaturated/α-hetero) is 1. The number of benzene rings is 1. The van der Waals surface area contributed by atoms with Gasteiger partial charge in [-0.1, -0.05) is 18.2 Å². The highest BCUT2D eigenvalue weighted by Gasteiger charge is 2.31. The van der Waals surface area contributed by atoms with Crippen LogP contribution in [0.1, 0.15) is 21.3 Å². The van der Waals surface area contributed by atoms with Gasteiger partial charge < -0.3 is 4.90 Å². The molecule has 6 heteroatoms. The van der Waals surface area contributed by atoms with Crippen LogP contribution >= 0.6 is 22.7 Å². The molecule has 0 saturated carbocycles. The highest BCUT2D eigenvalue weighted by atomic mass is 32.1. The van der Waals surface area contributed by atoms with E-state index in [1.165, 1.54) is 5.56 Å². The molecule has 0 bridgehead atoms. The van der Waals surface area contributed by atoms with Gasteiger partial charge in [-0.2, -0.15) is 0 Å². The van der Waals surface area contributed by atoms with E-state index in [4.69, 9.17) is 0 Å². The monoisotopic (exact) mass is 369 g/mol.